The van der Waals surface area contributed by atoms with Gasteiger partial charge in [0.2, 0.25) is 0 Å². The number of aliphatic hydroxyl groups is 1. The van der Waals surface area contributed by atoms with E-state index in [1.165, 1.54) is 19.3 Å². The molecule has 0 spiro atoms. The maximum atomic E-state index is 10.7. The van der Waals surface area contributed by atoms with Gasteiger partial charge in [0.1, 0.15) is 0 Å². The highest BCUT2D eigenvalue weighted by atomic mass is 16.3. The number of hydrogen-bond acceptors (Lipinski definition) is 1. The van der Waals surface area contributed by atoms with Crippen LogP contribution in [-0.2, 0) is 0 Å². The van der Waals surface area contributed by atoms with Crippen molar-refractivity contribution in [3.63, 3.8) is 0 Å². The van der Waals surface area contributed by atoms with Crippen molar-refractivity contribution in [2.45, 2.75) is 78.7 Å². The van der Waals surface area contributed by atoms with Crippen LogP contribution in [0.1, 0.15) is 73.1 Å². The van der Waals surface area contributed by atoms with E-state index in [2.05, 4.69) is 34.6 Å². The van der Waals surface area contributed by atoms with Gasteiger partial charge in [-0.15, -0.1) is 0 Å². The Morgan fingerprint density at radius 3 is 2.38 bits per heavy atom. The summed E-state index contributed by atoms with van der Waals surface area (Å²) in [7, 11) is 0. The number of hydrogen-bond donors (Lipinski definition) is 1. The molecule has 0 radical (unpaired) electrons. The van der Waals surface area contributed by atoms with E-state index in [0.717, 1.165) is 25.2 Å². The van der Waals surface area contributed by atoms with Crippen molar-refractivity contribution in [2.24, 2.45) is 17.3 Å². The van der Waals surface area contributed by atoms with Gasteiger partial charge in [0.25, 0.3) is 0 Å². The summed E-state index contributed by atoms with van der Waals surface area (Å²) in [4.78, 5) is 0. The zero-order chi connectivity index (χ0) is 12.4. The Morgan fingerprint density at radius 1 is 1.25 bits per heavy atom. The Kier molecular flexibility index (Phi) is 4.45. The molecule has 1 aliphatic carbocycles. The van der Waals surface area contributed by atoms with Crippen molar-refractivity contribution >= 4 is 0 Å². The molecule has 0 amide bonds. The third kappa shape index (κ3) is 4.45. The molecule has 0 bridgehead atoms. The summed E-state index contributed by atoms with van der Waals surface area (Å²) in [6, 6.07) is 0. The zero-order valence-electron chi connectivity index (χ0n) is 11.8. The predicted molar refractivity (Wildman–Crippen MR) is 70.4 cm³/mol. The van der Waals surface area contributed by atoms with Crippen LogP contribution in [0.15, 0.2) is 0 Å². The lowest BCUT2D eigenvalue weighted by atomic mass is 9.64. The highest BCUT2D eigenvalue weighted by Gasteiger charge is 2.40. The summed E-state index contributed by atoms with van der Waals surface area (Å²) in [6.07, 6.45) is 6.68. The van der Waals surface area contributed by atoms with Crippen LogP contribution in [0.25, 0.3) is 0 Å². The predicted octanol–water partition coefficient (Wildman–Crippen LogP) is 4.39. The second kappa shape index (κ2) is 5.08. The van der Waals surface area contributed by atoms with Gasteiger partial charge >= 0.3 is 0 Å². The monoisotopic (exact) mass is 226 g/mol. The van der Waals surface area contributed by atoms with Crippen molar-refractivity contribution in [3.05, 3.63) is 0 Å². The average molecular weight is 226 g/mol. The Labute approximate surface area is 102 Å². The first-order valence-electron chi connectivity index (χ1n) is 6.95. The molecule has 1 fully saturated rings. The van der Waals surface area contributed by atoms with Crippen LogP contribution in [0.2, 0.25) is 0 Å². The zero-order valence-corrected chi connectivity index (χ0v) is 11.8. The Bertz CT molecular complexity index is 219. The van der Waals surface area contributed by atoms with E-state index in [-0.39, 0.29) is 5.60 Å². The minimum atomic E-state index is -0.379. The summed E-state index contributed by atoms with van der Waals surface area (Å²) in [6.45, 7) is 11.4. The van der Waals surface area contributed by atoms with Crippen LogP contribution in [0.5, 0.6) is 0 Å². The summed E-state index contributed by atoms with van der Waals surface area (Å²) >= 11 is 0. The van der Waals surface area contributed by atoms with Crippen molar-refractivity contribution in [2.75, 3.05) is 0 Å². The van der Waals surface area contributed by atoms with Gasteiger partial charge in [-0.25, -0.2) is 0 Å². The van der Waals surface area contributed by atoms with Crippen molar-refractivity contribution in [3.8, 4) is 0 Å². The molecule has 0 aromatic carbocycles. The summed E-state index contributed by atoms with van der Waals surface area (Å²) in [5, 5.41) is 10.7. The molecule has 96 valence electrons. The molecular weight excluding hydrogens is 196 g/mol. The van der Waals surface area contributed by atoms with Crippen LogP contribution in [0, 0.1) is 17.3 Å². The summed E-state index contributed by atoms with van der Waals surface area (Å²) < 4.78 is 0. The fraction of sp³-hybridized carbons (Fsp3) is 1.00. The quantitative estimate of drug-likeness (QED) is 0.753. The molecule has 0 aromatic heterocycles. The standard InChI is InChI=1S/C15H30O/c1-12(2)7-6-8-15(16)10-13(3)9-14(4,5)11-15/h12-13,16H,6-11H2,1-5H3. The highest BCUT2D eigenvalue weighted by Crippen LogP contribution is 2.45. The molecule has 0 aromatic rings. The van der Waals surface area contributed by atoms with Gasteiger partial charge in [-0.05, 0) is 42.9 Å². The SMILES string of the molecule is CC(C)CCCC1(O)CC(C)CC(C)(C)C1. The van der Waals surface area contributed by atoms with Gasteiger partial charge in [0.05, 0.1) is 5.60 Å². The second-order valence-electron chi connectivity index (χ2n) is 7.36. The van der Waals surface area contributed by atoms with Gasteiger partial charge < -0.3 is 5.11 Å². The second-order valence-corrected chi connectivity index (χ2v) is 7.36. The lowest BCUT2D eigenvalue weighted by Crippen LogP contribution is -2.42. The van der Waals surface area contributed by atoms with Crippen LogP contribution < -0.4 is 0 Å². The molecule has 1 N–H and O–H groups in total. The first-order valence-corrected chi connectivity index (χ1v) is 6.95. The van der Waals surface area contributed by atoms with Gasteiger partial charge in [-0.2, -0.15) is 0 Å². The third-order valence-electron chi connectivity index (χ3n) is 3.86. The van der Waals surface area contributed by atoms with E-state index < -0.39 is 0 Å². The van der Waals surface area contributed by atoms with Crippen molar-refractivity contribution in [1.29, 1.82) is 0 Å². The van der Waals surface area contributed by atoms with Crippen LogP contribution in [-0.4, -0.2) is 10.7 Å². The lowest BCUT2D eigenvalue weighted by Gasteiger charge is -2.45. The van der Waals surface area contributed by atoms with Gasteiger partial charge in [0, 0.05) is 0 Å². The Hall–Kier alpha value is -0.0400. The van der Waals surface area contributed by atoms with Gasteiger partial charge in [0.15, 0.2) is 0 Å². The van der Waals surface area contributed by atoms with E-state index >= 15 is 0 Å². The van der Waals surface area contributed by atoms with Crippen molar-refractivity contribution < 1.29 is 5.11 Å². The summed E-state index contributed by atoms with van der Waals surface area (Å²) in [5.74, 6) is 1.44. The average Bonchev–Trinajstić information content (AvgIpc) is 1.96. The largest absolute Gasteiger partial charge is 0.390 e. The minimum absolute atomic E-state index is 0.324. The minimum Gasteiger partial charge on any atom is -0.390 e. The van der Waals surface area contributed by atoms with Crippen molar-refractivity contribution in [1.82, 2.24) is 0 Å². The Balaban J connectivity index is 2.48. The number of rotatable bonds is 4. The third-order valence-corrected chi connectivity index (χ3v) is 3.86. The molecule has 1 saturated carbocycles. The van der Waals surface area contributed by atoms with E-state index in [0.29, 0.717) is 11.3 Å². The maximum Gasteiger partial charge on any atom is 0.0655 e. The Morgan fingerprint density at radius 2 is 1.88 bits per heavy atom. The van der Waals surface area contributed by atoms with Crippen LogP contribution in [0.3, 0.4) is 0 Å². The van der Waals surface area contributed by atoms with Gasteiger partial charge in [-0.1, -0.05) is 47.5 Å². The maximum absolute atomic E-state index is 10.7. The molecule has 1 heteroatoms. The molecule has 1 aliphatic rings. The molecule has 16 heavy (non-hydrogen) atoms. The normalized spacial score (nSPS) is 34.3. The molecule has 1 rings (SSSR count). The van der Waals surface area contributed by atoms with Crippen LogP contribution in [0.4, 0.5) is 0 Å². The molecule has 2 unspecified atom stereocenters. The molecule has 0 saturated heterocycles. The lowest BCUT2D eigenvalue weighted by molar-refractivity contribution is -0.0653. The first-order chi connectivity index (χ1) is 7.22. The van der Waals surface area contributed by atoms with E-state index in [4.69, 9.17) is 0 Å². The molecule has 1 nitrogen and oxygen atoms in total. The van der Waals surface area contributed by atoms with E-state index in [1.54, 1.807) is 0 Å². The molecule has 0 aliphatic heterocycles. The van der Waals surface area contributed by atoms with Crippen LogP contribution >= 0.6 is 0 Å². The van der Waals surface area contributed by atoms with E-state index in [1.807, 2.05) is 0 Å². The highest BCUT2D eigenvalue weighted by molar-refractivity contribution is 4.92. The topological polar surface area (TPSA) is 20.2 Å². The fourth-order valence-electron chi connectivity index (χ4n) is 3.73. The first kappa shape index (κ1) is 14.0. The smallest absolute Gasteiger partial charge is 0.0655 e. The van der Waals surface area contributed by atoms with Gasteiger partial charge in [-0.3, -0.25) is 0 Å². The fourth-order valence-corrected chi connectivity index (χ4v) is 3.73. The van der Waals surface area contributed by atoms with E-state index in [9.17, 15) is 5.11 Å². The molecule has 0 heterocycles. The summed E-state index contributed by atoms with van der Waals surface area (Å²) in [5.41, 5.74) is -0.0553. The molecular formula is C15H30O. The molecule has 2 atom stereocenters.